The fourth-order valence-electron chi connectivity index (χ4n) is 1.74. The largest absolute Gasteiger partial charge is 0.496 e. The van der Waals surface area contributed by atoms with Crippen LogP contribution in [0.25, 0.3) is 0 Å². The summed E-state index contributed by atoms with van der Waals surface area (Å²) in [7, 11) is 1.55. The van der Waals surface area contributed by atoms with E-state index in [1.165, 1.54) is 6.92 Å². The lowest BCUT2D eigenvalue weighted by Gasteiger charge is -2.16. The summed E-state index contributed by atoms with van der Waals surface area (Å²) in [6.45, 7) is 3.43. The highest BCUT2D eigenvalue weighted by Crippen LogP contribution is 2.31. The zero-order valence-corrected chi connectivity index (χ0v) is 9.46. The van der Waals surface area contributed by atoms with Crippen molar-refractivity contribution >= 4 is 0 Å². The molecule has 0 radical (unpaired) electrons. The Morgan fingerprint density at radius 3 is 2.53 bits per heavy atom. The lowest BCUT2D eigenvalue weighted by atomic mass is 9.98. The second-order valence-electron chi connectivity index (χ2n) is 3.83. The highest BCUT2D eigenvalue weighted by atomic mass is 19.1. The van der Waals surface area contributed by atoms with Gasteiger partial charge in [-0.15, -0.1) is 0 Å². The molecule has 0 aromatic heterocycles. The summed E-state index contributed by atoms with van der Waals surface area (Å²) in [5.41, 5.74) is 7.27. The predicted molar refractivity (Wildman–Crippen MR) is 59.9 cm³/mol. The maximum absolute atomic E-state index is 13.5. The van der Waals surface area contributed by atoms with Crippen LogP contribution in [0.4, 0.5) is 4.39 Å². The minimum atomic E-state index is -1.03. The Morgan fingerprint density at radius 2 is 2.07 bits per heavy atom. The van der Waals surface area contributed by atoms with Gasteiger partial charge in [0.25, 0.3) is 0 Å². The summed E-state index contributed by atoms with van der Waals surface area (Å²) in [6.07, 6.45) is -0.365. The molecule has 2 nitrogen and oxygen atoms in total. The third-order valence-corrected chi connectivity index (χ3v) is 2.32. The molecule has 3 heteroatoms. The molecule has 15 heavy (non-hydrogen) atoms. The highest BCUT2D eigenvalue weighted by molar-refractivity contribution is 5.42. The number of nitrogens with two attached hydrogens (primary N) is 1. The standard InChI is InChI=1S/C12H18FNO/c1-8(14)7-10-5-4-6-11(15-3)12(10)9(2)13/h4-6,8-9H,7,14H2,1-3H3. The predicted octanol–water partition coefficient (Wildman–Crippen LogP) is 2.62. The molecule has 0 spiro atoms. The van der Waals surface area contributed by atoms with Gasteiger partial charge in [0.1, 0.15) is 11.9 Å². The Labute approximate surface area is 90.2 Å². The molecule has 0 aliphatic heterocycles. The molecule has 0 saturated carbocycles. The molecule has 2 unspecified atom stereocenters. The van der Waals surface area contributed by atoms with E-state index >= 15 is 0 Å². The van der Waals surface area contributed by atoms with Crippen LogP contribution in [-0.2, 0) is 6.42 Å². The molecule has 0 heterocycles. The normalized spacial score (nSPS) is 14.7. The lowest BCUT2D eigenvalue weighted by Crippen LogP contribution is -2.19. The van der Waals surface area contributed by atoms with Crippen molar-refractivity contribution in [3.05, 3.63) is 29.3 Å². The van der Waals surface area contributed by atoms with Crippen LogP contribution in [0.3, 0.4) is 0 Å². The molecule has 0 saturated heterocycles. The monoisotopic (exact) mass is 211 g/mol. The summed E-state index contributed by atoms with van der Waals surface area (Å²) < 4.78 is 18.6. The van der Waals surface area contributed by atoms with E-state index < -0.39 is 6.17 Å². The molecule has 0 bridgehead atoms. The van der Waals surface area contributed by atoms with Gasteiger partial charge < -0.3 is 10.5 Å². The van der Waals surface area contributed by atoms with E-state index in [1.807, 2.05) is 19.1 Å². The van der Waals surface area contributed by atoms with Crippen molar-refractivity contribution in [1.82, 2.24) is 0 Å². The molecule has 0 fully saturated rings. The highest BCUT2D eigenvalue weighted by Gasteiger charge is 2.15. The van der Waals surface area contributed by atoms with Crippen LogP contribution in [0, 0.1) is 0 Å². The first-order chi connectivity index (χ1) is 7.06. The van der Waals surface area contributed by atoms with E-state index in [0.29, 0.717) is 17.7 Å². The van der Waals surface area contributed by atoms with Crippen LogP contribution in [0.1, 0.15) is 31.1 Å². The zero-order chi connectivity index (χ0) is 11.4. The molecule has 1 aromatic carbocycles. The number of hydrogen-bond acceptors (Lipinski definition) is 2. The second-order valence-corrected chi connectivity index (χ2v) is 3.83. The van der Waals surface area contributed by atoms with Crippen LogP contribution in [-0.4, -0.2) is 13.2 Å². The second kappa shape index (κ2) is 5.12. The van der Waals surface area contributed by atoms with Crippen molar-refractivity contribution in [1.29, 1.82) is 0 Å². The summed E-state index contributed by atoms with van der Waals surface area (Å²) >= 11 is 0. The van der Waals surface area contributed by atoms with Crippen LogP contribution < -0.4 is 10.5 Å². The number of rotatable bonds is 4. The van der Waals surface area contributed by atoms with E-state index in [-0.39, 0.29) is 6.04 Å². The SMILES string of the molecule is COc1cccc(CC(C)N)c1C(C)F. The fraction of sp³-hybridized carbons (Fsp3) is 0.500. The number of methoxy groups -OCH3 is 1. The molecule has 2 atom stereocenters. The van der Waals surface area contributed by atoms with E-state index in [2.05, 4.69) is 0 Å². The average Bonchev–Trinajstić information content (AvgIpc) is 2.15. The Bertz CT molecular complexity index is 323. The number of ether oxygens (including phenoxy) is 1. The first-order valence-electron chi connectivity index (χ1n) is 5.11. The van der Waals surface area contributed by atoms with Gasteiger partial charge in [0, 0.05) is 11.6 Å². The number of halogens is 1. The average molecular weight is 211 g/mol. The molecule has 1 aromatic rings. The van der Waals surface area contributed by atoms with Crippen molar-refractivity contribution in [2.24, 2.45) is 5.73 Å². The minimum Gasteiger partial charge on any atom is -0.496 e. The summed E-state index contributed by atoms with van der Waals surface area (Å²) in [4.78, 5) is 0. The van der Waals surface area contributed by atoms with Crippen molar-refractivity contribution in [3.63, 3.8) is 0 Å². The third-order valence-electron chi connectivity index (χ3n) is 2.32. The summed E-state index contributed by atoms with van der Waals surface area (Å²) in [5, 5.41) is 0. The van der Waals surface area contributed by atoms with E-state index in [4.69, 9.17) is 10.5 Å². The molecule has 84 valence electrons. The molecule has 0 aliphatic rings. The van der Waals surface area contributed by atoms with E-state index in [1.54, 1.807) is 13.2 Å². The third kappa shape index (κ3) is 2.93. The first-order valence-corrected chi connectivity index (χ1v) is 5.11. The van der Waals surface area contributed by atoms with Crippen molar-refractivity contribution < 1.29 is 9.13 Å². The van der Waals surface area contributed by atoms with E-state index in [0.717, 1.165) is 5.56 Å². The summed E-state index contributed by atoms with van der Waals surface area (Å²) in [5.74, 6) is 0.600. The van der Waals surface area contributed by atoms with Gasteiger partial charge in [-0.1, -0.05) is 12.1 Å². The quantitative estimate of drug-likeness (QED) is 0.830. The van der Waals surface area contributed by atoms with Crippen LogP contribution >= 0.6 is 0 Å². The number of benzene rings is 1. The number of hydrogen-bond donors (Lipinski definition) is 1. The maximum Gasteiger partial charge on any atom is 0.126 e. The minimum absolute atomic E-state index is 0.0228. The van der Waals surface area contributed by atoms with Crippen LogP contribution in [0.15, 0.2) is 18.2 Å². The van der Waals surface area contributed by atoms with Gasteiger partial charge in [-0.05, 0) is 31.9 Å². The van der Waals surface area contributed by atoms with Gasteiger partial charge in [-0.25, -0.2) is 4.39 Å². The van der Waals surface area contributed by atoms with Gasteiger partial charge in [0.05, 0.1) is 7.11 Å². The van der Waals surface area contributed by atoms with Gasteiger partial charge >= 0.3 is 0 Å². The molecule has 1 rings (SSSR count). The molecule has 2 N–H and O–H groups in total. The fourth-order valence-corrected chi connectivity index (χ4v) is 1.74. The Kier molecular flexibility index (Phi) is 4.09. The van der Waals surface area contributed by atoms with Crippen LogP contribution in [0.2, 0.25) is 0 Å². The Morgan fingerprint density at radius 1 is 1.40 bits per heavy atom. The van der Waals surface area contributed by atoms with Crippen molar-refractivity contribution in [2.75, 3.05) is 7.11 Å². The zero-order valence-electron chi connectivity index (χ0n) is 9.46. The van der Waals surface area contributed by atoms with Gasteiger partial charge in [-0.3, -0.25) is 0 Å². The topological polar surface area (TPSA) is 35.2 Å². The van der Waals surface area contributed by atoms with Crippen molar-refractivity contribution in [3.8, 4) is 5.75 Å². The molecular weight excluding hydrogens is 193 g/mol. The van der Waals surface area contributed by atoms with E-state index in [9.17, 15) is 4.39 Å². The summed E-state index contributed by atoms with van der Waals surface area (Å²) in [6, 6.07) is 5.56. The lowest BCUT2D eigenvalue weighted by molar-refractivity contribution is 0.343. The first kappa shape index (κ1) is 12.0. The molecule has 0 amide bonds. The molecular formula is C12H18FNO. The smallest absolute Gasteiger partial charge is 0.126 e. The Balaban J connectivity index is 3.13. The van der Waals surface area contributed by atoms with Gasteiger partial charge in [-0.2, -0.15) is 0 Å². The maximum atomic E-state index is 13.5. The number of alkyl halides is 1. The van der Waals surface area contributed by atoms with Crippen molar-refractivity contribution in [2.45, 2.75) is 32.5 Å². The van der Waals surface area contributed by atoms with Crippen LogP contribution in [0.5, 0.6) is 5.75 Å². The Hall–Kier alpha value is -1.09. The van der Waals surface area contributed by atoms with Gasteiger partial charge in [0.2, 0.25) is 0 Å². The van der Waals surface area contributed by atoms with Gasteiger partial charge in [0.15, 0.2) is 0 Å². The molecule has 0 aliphatic carbocycles.